The third-order valence-electron chi connectivity index (χ3n) is 10.1. The molecule has 0 amide bonds. The number of benzene rings is 1. The van der Waals surface area contributed by atoms with Crippen LogP contribution >= 0.6 is 0 Å². The Labute approximate surface area is 340 Å². The van der Waals surface area contributed by atoms with E-state index < -0.39 is 129 Å². The summed E-state index contributed by atoms with van der Waals surface area (Å²) in [5, 5.41) is 126. The number of unbranched alkanes of at least 4 members (excludes halogenated alkanes) is 3. The zero-order chi connectivity index (χ0) is 43.4. The van der Waals surface area contributed by atoms with Gasteiger partial charge in [0.2, 0.25) is 0 Å². The lowest BCUT2D eigenvalue weighted by Crippen LogP contribution is -2.65. The maximum Gasteiger partial charge on any atom is 0.331 e. The van der Waals surface area contributed by atoms with Crippen LogP contribution < -0.4 is 0 Å². The zero-order valence-corrected chi connectivity index (χ0v) is 32.7. The second kappa shape index (κ2) is 23.0. The number of phenolic OH excluding ortho intramolecular Hbond substituents is 2. The predicted octanol–water partition coefficient (Wildman–Crippen LogP) is -1.15. The van der Waals surface area contributed by atoms with Crippen LogP contribution in [-0.4, -0.2) is 166 Å². The predicted molar refractivity (Wildman–Crippen MR) is 203 cm³/mol. The smallest absolute Gasteiger partial charge is 0.331 e. The summed E-state index contributed by atoms with van der Waals surface area (Å²) in [5.41, 5.74) is -0.313. The van der Waals surface area contributed by atoms with Crippen molar-refractivity contribution in [3.05, 3.63) is 71.9 Å². The maximum absolute atomic E-state index is 13.3. The number of phenols is 2. The Morgan fingerprint density at radius 3 is 2.19 bits per heavy atom. The molecule has 19 nitrogen and oxygen atoms in total. The van der Waals surface area contributed by atoms with Crippen LogP contribution in [0.15, 0.2) is 60.7 Å². The van der Waals surface area contributed by atoms with Crippen LogP contribution in [0.4, 0.5) is 0 Å². The molecule has 0 bridgehead atoms. The van der Waals surface area contributed by atoms with Crippen LogP contribution in [-0.2, 0) is 39.8 Å². The van der Waals surface area contributed by atoms with Gasteiger partial charge >= 0.3 is 5.97 Å². The first kappa shape index (κ1) is 48.3. The van der Waals surface area contributed by atoms with Crippen LogP contribution in [0.5, 0.6) is 11.5 Å². The lowest BCUT2D eigenvalue weighted by Gasteiger charge is -2.48. The molecule has 0 aliphatic carbocycles. The molecule has 0 unspecified atom stereocenters. The number of aliphatic hydroxyl groups is 10. The van der Waals surface area contributed by atoms with Crippen molar-refractivity contribution in [3.8, 4) is 11.5 Å². The van der Waals surface area contributed by atoms with Crippen LogP contribution in [0, 0.1) is 0 Å². The Balaban J connectivity index is 1.59. The number of aliphatic hydroxyl groups excluding tert-OH is 10. The number of allylic oxidation sites excluding steroid dienone is 5. The average Bonchev–Trinajstić information content (AvgIpc) is 3.20. The largest absolute Gasteiger partial charge is 0.508 e. The van der Waals surface area contributed by atoms with E-state index in [-0.39, 0.29) is 17.5 Å². The maximum atomic E-state index is 13.3. The minimum absolute atomic E-state index is 0.0895. The molecule has 3 heterocycles. The Morgan fingerprint density at radius 2 is 1.49 bits per heavy atom. The van der Waals surface area contributed by atoms with Crippen molar-refractivity contribution in [2.75, 3.05) is 6.61 Å². The summed E-state index contributed by atoms with van der Waals surface area (Å²) in [6.07, 6.45) is -10.7. The quantitative estimate of drug-likeness (QED) is 0.0359. The number of carbonyl (C=O) groups excluding carboxylic acids is 1. The highest BCUT2D eigenvalue weighted by Crippen LogP contribution is 2.43. The van der Waals surface area contributed by atoms with Crippen LogP contribution in [0.25, 0.3) is 0 Å². The van der Waals surface area contributed by atoms with Crippen molar-refractivity contribution < 1.29 is 94.5 Å². The van der Waals surface area contributed by atoms with E-state index in [0.717, 1.165) is 43.9 Å². The first-order valence-electron chi connectivity index (χ1n) is 19.5. The molecular formula is C40H58O19. The molecule has 0 spiro atoms. The molecule has 0 saturated carbocycles. The molecule has 0 aromatic heterocycles. The minimum atomic E-state index is -2.05. The van der Waals surface area contributed by atoms with Crippen LogP contribution in [0.3, 0.4) is 0 Å². The summed E-state index contributed by atoms with van der Waals surface area (Å²) in [4.78, 5) is 13.3. The fourth-order valence-electron chi connectivity index (χ4n) is 6.82. The van der Waals surface area contributed by atoms with Gasteiger partial charge in [0.15, 0.2) is 25.0 Å². The van der Waals surface area contributed by atoms with Gasteiger partial charge in [-0.05, 0) is 37.8 Å². The molecule has 4 rings (SSSR count). The number of hydrogen-bond donors (Lipinski definition) is 12. The molecule has 3 aliphatic heterocycles. The van der Waals surface area contributed by atoms with Gasteiger partial charge in [0.1, 0.15) is 72.5 Å². The molecule has 59 heavy (non-hydrogen) atoms. The van der Waals surface area contributed by atoms with E-state index in [4.69, 9.17) is 28.4 Å². The van der Waals surface area contributed by atoms with Crippen molar-refractivity contribution in [2.24, 2.45) is 0 Å². The molecule has 12 N–H and O–H groups in total. The van der Waals surface area contributed by atoms with E-state index in [9.17, 15) is 66.1 Å². The van der Waals surface area contributed by atoms with Crippen molar-refractivity contribution >= 4 is 5.97 Å². The molecule has 19 heteroatoms. The summed E-state index contributed by atoms with van der Waals surface area (Å²) in [6, 6.07) is 2.01. The second-order valence-corrected chi connectivity index (χ2v) is 14.5. The molecule has 1 aromatic carbocycles. The van der Waals surface area contributed by atoms with Crippen molar-refractivity contribution in [3.63, 3.8) is 0 Å². The molecule has 3 fully saturated rings. The van der Waals surface area contributed by atoms with E-state index in [1.807, 2.05) is 12.2 Å². The SMILES string of the molecule is CCCCC/C=C/C=C/[C@@H](O)C/C=C/C=C/C(=O)O[C@@H]1[C@@H](O)[C@H](c2c(O)cc(O)cc2CO)O[C@H](CO)[C@H]1O[C@@H]1O[C@H](C)[C@H](O)[C@H](O)[C@H]1O[C@@H]1O[C@H](O)[C@H](O)[C@H](O)[C@H]1O. The third-order valence-corrected chi connectivity index (χ3v) is 10.1. The number of carbonyl (C=O) groups is 1. The molecule has 3 saturated heterocycles. The first-order valence-corrected chi connectivity index (χ1v) is 19.5. The lowest BCUT2D eigenvalue weighted by atomic mass is 9.88. The Bertz CT molecular complexity index is 1580. The fourth-order valence-corrected chi connectivity index (χ4v) is 6.82. The standard InChI is InChI=1S/C40H58O19/c1-3-4-5-6-7-8-10-13-22(43)14-11-9-12-15-26(46)56-36-33(52)35(27-21(18-41)16-23(44)17-24(27)45)55-25(19-42)34(36)57-40-37(30(49)28(47)20(2)54-40)58-39-32(51)29(48)31(50)38(53)59-39/h7-13,15-17,20,22,25,28-45,47-53H,3-6,14,18-19H2,1-2H3/b8-7+,11-9+,13-10+,15-12+/t20-,22-,25-,28+,29+,30+,31-,32-,33+,34-,35+,36-,37-,38+,39-,40+/m1/s1. The average molecular weight is 843 g/mol. The van der Waals surface area contributed by atoms with Gasteiger partial charge in [0.25, 0.3) is 0 Å². The van der Waals surface area contributed by atoms with Gasteiger partial charge in [-0.3, -0.25) is 0 Å². The minimum Gasteiger partial charge on any atom is -0.508 e. The first-order chi connectivity index (χ1) is 28.1. The zero-order valence-electron chi connectivity index (χ0n) is 32.7. The van der Waals surface area contributed by atoms with E-state index in [0.29, 0.717) is 0 Å². The number of hydrogen-bond acceptors (Lipinski definition) is 19. The Kier molecular flexibility index (Phi) is 18.9. The highest BCUT2D eigenvalue weighted by atomic mass is 16.8. The highest BCUT2D eigenvalue weighted by Gasteiger charge is 2.55. The van der Waals surface area contributed by atoms with Gasteiger partial charge in [-0.2, -0.15) is 0 Å². The van der Waals surface area contributed by atoms with Gasteiger partial charge in [-0.25, -0.2) is 4.79 Å². The number of ether oxygens (including phenoxy) is 6. The fraction of sp³-hybridized carbons (Fsp3) is 0.625. The second-order valence-electron chi connectivity index (χ2n) is 14.5. The van der Waals surface area contributed by atoms with E-state index in [1.54, 1.807) is 18.2 Å². The topological polar surface area (TPSA) is 315 Å². The van der Waals surface area contributed by atoms with Gasteiger partial charge in [-0.15, -0.1) is 0 Å². The molecule has 1 aromatic rings. The number of esters is 1. The molecule has 3 aliphatic rings. The van der Waals surface area contributed by atoms with Crippen molar-refractivity contribution in [1.29, 1.82) is 0 Å². The molecular weight excluding hydrogens is 784 g/mol. The molecule has 332 valence electrons. The number of rotatable bonds is 18. The number of aromatic hydroxyl groups is 2. The Morgan fingerprint density at radius 1 is 0.780 bits per heavy atom. The monoisotopic (exact) mass is 842 g/mol. The summed E-state index contributed by atoms with van der Waals surface area (Å²) in [5.74, 6) is -2.12. The van der Waals surface area contributed by atoms with E-state index >= 15 is 0 Å². The summed E-state index contributed by atoms with van der Waals surface area (Å²) >= 11 is 0. The van der Waals surface area contributed by atoms with E-state index in [1.165, 1.54) is 19.1 Å². The van der Waals surface area contributed by atoms with Gasteiger partial charge in [-0.1, -0.05) is 62.3 Å². The summed E-state index contributed by atoms with van der Waals surface area (Å²) in [6.45, 7) is 1.82. The highest BCUT2D eigenvalue weighted by molar-refractivity contribution is 5.82. The normalized spacial score (nSPS) is 36.2. The van der Waals surface area contributed by atoms with Crippen molar-refractivity contribution in [2.45, 2.75) is 151 Å². The molecule has 0 radical (unpaired) electrons. The third kappa shape index (κ3) is 12.6. The van der Waals surface area contributed by atoms with E-state index in [2.05, 4.69) is 6.92 Å². The Hall–Kier alpha value is -3.35. The van der Waals surface area contributed by atoms with Gasteiger partial charge < -0.3 is 89.7 Å². The van der Waals surface area contributed by atoms with Gasteiger partial charge in [0, 0.05) is 17.7 Å². The summed E-state index contributed by atoms with van der Waals surface area (Å²) < 4.78 is 34.3. The lowest BCUT2D eigenvalue weighted by molar-refractivity contribution is -0.393. The van der Waals surface area contributed by atoms with Crippen LogP contribution in [0.1, 0.15) is 63.2 Å². The molecule has 16 atom stereocenters. The van der Waals surface area contributed by atoms with Crippen molar-refractivity contribution in [1.82, 2.24) is 0 Å². The van der Waals surface area contributed by atoms with Gasteiger partial charge in [0.05, 0.1) is 25.4 Å². The summed E-state index contributed by atoms with van der Waals surface area (Å²) in [7, 11) is 0. The van der Waals surface area contributed by atoms with Crippen LogP contribution in [0.2, 0.25) is 0 Å².